The third kappa shape index (κ3) is 2.94. The predicted octanol–water partition coefficient (Wildman–Crippen LogP) is 2.12. The Hall–Kier alpha value is -1.71. The Labute approximate surface area is 108 Å². The van der Waals surface area contributed by atoms with Gasteiger partial charge in [-0.2, -0.15) is 0 Å². The van der Waals surface area contributed by atoms with Crippen LogP contribution in [-0.4, -0.2) is 24.7 Å². The van der Waals surface area contributed by atoms with Crippen molar-refractivity contribution in [1.82, 2.24) is 15.6 Å². The van der Waals surface area contributed by atoms with Crippen LogP contribution in [-0.2, 0) is 0 Å². The van der Waals surface area contributed by atoms with E-state index in [-0.39, 0.29) is 5.66 Å². The molecule has 94 valence electrons. The Kier molecular flexibility index (Phi) is 4.07. The van der Waals surface area contributed by atoms with Crippen molar-refractivity contribution in [3.8, 4) is 0 Å². The summed E-state index contributed by atoms with van der Waals surface area (Å²) >= 11 is 0. The van der Waals surface area contributed by atoms with Crippen LogP contribution in [0.5, 0.6) is 0 Å². The molecule has 18 heavy (non-hydrogen) atoms. The molecule has 3 nitrogen and oxygen atoms in total. The summed E-state index contributed by atoms with van der Waals surface area (Å²) in [6.45, 7) is 0. The second-order valence-electron chi connectivity index (χ2n) is 4.30. The minimum Gasteiger partial charge on any atom is -0.299 e. The van der Waals surface area contributed by atoms with Crippen LogP contribution in [0.1, 0.15) is 12.1 Å². The van der Waals surface area contributed by atoms with Gasteiger partial charge in [0, 0.05) is 12.6 Å². The van der Waals surface area contributed by atoms with Crippen molar-refractivity contribution in [2.24, 2.45) is 0 Å². The van der Waals surface area contributed by atoms with E-state index in [0.717, 1.165) is 12.1 Å². The number of allylic oxidation sites excluding steroid dienone is 3. The zero-order chi connectivity index (χ0) is 12.8. The fraction of sp³-hybridized carbons (Fsp3) is 0.267. The molecule has 1 aromatic rings. The number of likely N-dealkylation sites (N-methyl/N-ethyl adjacent to an activating group) is 2. The van der Waals surface area contributed by atoms with Crippen LogP contribution in [0.2, 0.25) is 0 Å². The Bertz CT molecular complexity index is 468. The van der Waals surface area contributed by atoms with E-state index in [1.54, 1.807) is 6.20 Å². The van der Waals surface area contributed by atoms with Crippen LogP contribution in [0.4, 0.5) is 0 Å². The summed E-state index contributed by atoms with van der Waals surface area (Å²) in [5.41, 5.74) is 2.08. The molecule has 1 aliphatic carbocycles. The van der Waals surface area contributed by atoms with E-state index in [2.05, 4.69) is 39.9 Å². The van der Waals surface area contributed by atoms with Crippen molar-refractivity contribution in [2.45, 2.75) is 12.1 Å². The molecule has 0 amide bonds. The molecule has 0 bridgehead atoms. The summed E-state index contributed by atoms with van der Waals surface area (Å²) in [5.74, 6) is 0. The first-order valence-corrected chi connectivity index (χ1v) is 6.14. The average molecular weight is 241 g/mol. The number of hydrogen-bond acceptors (Lipinski definition) is 3. The van der Waals surface area contributed by atoms with Gasteiger partial charge in [-0.15, -0.1) is 0 Å². The minimum absolute atomic E-state index is 0.109. The lowest BCUT2D eigenvalue weighted by Crippen LogP contribution is -2.52. The van der Waals surface area contributed by atoms with Gasteiger partial charge in [-0.05, 0) is 44.0 Å². The van der Waals surface area contributed by atoms with E-state index >= 15 is 0 Å². The molecule has 3 heteroatoms. The number of nitrogens with one attached hydrogen (secondary N) is 2. The van der Waals surface area contributed by atoms with Gasteiger partial charge in [-0.25, -0.2) is 0 Å². The van der Waals surface area contributed by atoms with Crippen molar-refractivity contribution in [1.29, 1.82) is 0 Å². The Morgan fingerprint density at radius 3 is 2.61 bits per heavy atom. The molecule has 0 aromatic carbocycles. The maximum absolute atomic E-state index is 4.26. The zero-order valence-electron chi connectivity index (χ0n) is 10.9. The molecular weight excluding hydrogens is 222 g/mol. The van der Waals surface area contributed by atoms with Crippen LogP contribution in [0.3, 0.4) is 0 Å². The van der Waals surface area contributed by atoms with Crippen LogP contribution in [0.25, 0.3) is 6.08 Å². The number of hydrogen-bond donors (Lipinski definition) is 2. The van der Waals surface area contributed by atoms with Crippen LogP contribution in [0, 0.1) is 0 Å². The second-order valence-corrected chi connectivity index (χ2v) is 4.30. The van der Waals surface area contributed by atoms with Crippen molar-refractivity contribution >= 4 is 6.08 Å². The molecule has 0 saturated carbocycles. The molecular formula is C15H19N3. The summed E-state index contributed by atoms with van der Waals surface area (Å²) in [6.07, 6.45) is 13.3. The smallest absolute Gasteiger partial charge is 0.0912 e. The summed E-state index contributed by atoms with van der Waals surface area (Å²) in [5, 5.41) is 6.56. The molecule has 0 spiro atoms. The number of nitrogens with zero attached hydrogens (tertiary/aromatic N) is 1. The van der Waals surface area contributed by atoms with E-state index in [1.165, 1.54) is 5.57 Å². The fourth-order valence-electron chi connectivity index (χ4n) is 1.93. The first kappa shape index (κ1) is 12.7. The lowest BCUT2D eigenvalue weighted by molar-refractivity contribution is 0.376. The van der Waals surface area contributed by atoms with E-state index in [9.17, 15) is 0 Å². The Balaban J connectivity index is 2.04. The molecule has 1 heterocycles. The highest BCUT2D eigenvalue weighted by molar-refractivity contribution is 5.52. The van der Waals surface area contributed by atoms with Gasteiger partial charge < -0.3 is 0 Å². The van der Waals surface area contributed by atoms with E-state index < -0.39 is 0 Å². The van der Waals surface area contributed by atoms with Gasteiger partial charge in [0.15, 0.2) is 0 Å². The topological polar surface area (TPSA) is 37.0 Å². The van der Waals surface area contributed by atoms with Crippen molar-refractivity contribution in [3.63, 3.8) is 0 Å². The first-order chi connectivity index (χ1) is 8.78. The molecule has 0 saturated heterocycles. The van der Waals surface area contributed by atoms with Gasteiger partial charge in [-0.3, -0.25) is 15.6 Å². The van der Waals surface area contributed by atoms with Gasteiger partial charge in [-0.1, -0.05) is 24.3 Å². The molecule has 0 unspecified atom stereocenters. The molecule has 2 rings (SSSR count). The Morgan fingerprint density at radius 2 is 2.06 bits per heavy atom. The van der Waals surface area contributed by atoms with E-state index in [0.29, 0.717) is 0 Å². The quantitative estimate of drug-likeness (QED) is 0.793. The molecule has 1 aliphatic rings. The van der Waals surface area contributed by atoms with Gasteiger partial charge in [0.2, 0.25) is 0 Å². The maximum atomic E-state index is 4.26. The van der Waals surface area contributed by atoms with Gasteiger partial charge in [0.25, 0.3) is 0 Å². The predicted molar refractivity (Wildman–Crippen MR) is 76.0 cm³/mol. The molecule has 0 radical (unpaired) electrons. The third-order valence-corrected chi connectivity index (χ3v) is 3.25. The largest absolute Gasteiger partial charge is 0.299 e. The number of pyridine rings is 1. The van der Waals surface area contributed by atoms with E-state index in [1.807, 2.05) is 38.4 Å². The monoisotopic (exact) mass is 241 g/mol. The molecule has 0 fully saturated rings. The molecule has 0 aliphatic heterocycles. The maximum Gasteiger partial charge on any atom is 0.0912 e. The number of rotatable bonds is 4. The van der Waals surface area contributed by atoms with Gasteiger partial charge in [0.05, 0.1) is 11.4 Å². The third-order valence-electron chi connectivity index (χ3n) is 3.25. The molecule has 1 aromatic heterocycles. The molecule has 0 atom stereocenters. The minimum atomic E-state index is -0.109. The van der Waals surface area contributed by atoms with E-state index in [4.69, 9.17) is 0 Å². The highest BCUT2D eigenvalue weighted by Crippen LogP contribution is 2.19. The summed E-state index contributed by atoms with van der Waals surface area (Å²) < 4.78 is 0. The summed E-state index contributed by atoms with van der Waals surface area (Å²) in [7, 11) is 3.92. The van der Waals surface area contributed by atoms with Crippen molar-refractivity contribution < 1.29 is 0 Å². The normalized spacial score (nSPS) is 18.0. The SMILES string of the molecule is CNC1(NC)C=CC(C=Cc2ccccn2)=CC1. The van der Waals surface area contributed by atoms with Crippen molar-refractivity contribution in [2.75, 3.05) is 14.1 Å². The van der Waals surface area contributed by atoms with Crippen LogP contribution >= 0.6 is 0 Å². The van der Waals surface area contributed by atoms with Crippen LogP contribution < -0.4 is 10.6 Å². The lowest BCUT2D eigenvalue weighted by atomic mass is 9.96. The fourth-order valence-corrected chi connectivity index (χ4v) is 1.93. The average Bonchev–Trinajstić information content (AvgIpc) is 2.47. The zero-order valence-corrected chi connectivity index (χ0v) is 10.9. The Morgan fingerprint density at radius 1 is 1.22 bits per heavy atom. The standard InChI is InChI=1S/C15H19N3/c1-16-15(17-2)10-8-13(9-11-15)6-7-14-5-3-4-12-18-14/h3-10,12,16-17H,11H2,1-2H3. The lowest BCUT2D eigenvalue weighted by Gasteiger charge is -2.31. The highest BCUT2D eigenvalue weighted by Gasteiger charge is 2.22. The van der Waals surface area contributed by atoms with Gasteiger partial charge in [0.1, 0.15) is 0 Å². The first-order valence-electron chi connectivity index (χ1n) is 6.14. The van der Waals surface area contributed by atoms with Gasteiger partial charge >= 0.3 is 0 Å². The van der Waals surface area contributed by atoms with Crippen LogP contribution in [0.15, 0.2) is 54.3 Å². The number of aromatic nitrogens is 1. The summed E-state index contributed by atoms with van der Waals surface area (Å²) in [6, 6.07) is 5.91. The highest BCUT2D eigenvalue weighted by atomic mass is 15.2. The second kappa shape index (κ2) is 5.76. The van der Waals surface area contributed by atoms with Crippen molar-refractivity contribution in [3.05, 3.63) is 60.0 Å². The molecule has 2 N–H and O–H groups in total. The summed E-state index contributed by atoms with van der Waals surface area (Å²) in [4.78, 5) is 4.26.